The molecule has 0 bridgehead atoms. The van der Waals surface area contributed by atoms with E-state index in [9.17, 15) is 18.0 Å². The van der Waals surface area contributed by atoms with E-state index in [0.717, 1.165) is 10.5 Å². The van der Waals surface area contributed by atoms with E-state index in [-0.39, 0.29) is 22.6 Å². The number of sulfone groups is 1. The molecule has 0 N–H and O–H groups in total. The van der Waals surface area contributed by atoms with Crippen LogP contribution >= 0.6 is 11.6 Å². The van der Waals surface area contributed by atoms with Crippen LogP contribution < -0.4 is 0 Å². The Morgan fingerprint density at radius 1 is 1.20 bits per heavy atom. The number of carbonyl (C=O) groups is 2. The van der Waals surface area contributed by atoms with Crippen LogP contribution in [0, 0.1) is 0 Å². The number of fused-ring (bicyclic) bond motifs is 1. The minimum atomic E-state index is -3.57. The zero-order valence-corrected chi connectivity index (χ0v) is 16.1. The summed E-state index contributed by atoms with van der Waals surface area (Å²) >= 11 is 5.89. The first kappa shape index (κ1) is 18.1. The number of benzene rings is 1. The molecule has 5 nitrogen and oxygen atoms in total. The summed E-state index contributed by atoms with van der Waals surface area (Å²) < 4.78 is 24.5. The van der Waals surface area contributed by atoms with Gasteiger partial charge >= 0.3 is 0 Å². The number of nitrogens with zero attached hydrogens (tertiary/aromatic N) is 1. The molecule has 2 atom stereocenters. The van der Waals surface area contributed by atoms with Gasteiger partial charge in [-0.3, -0.25) is 14.5 Å². The Kier molecular flexibility index (Phi) is 4.12. The Labute approximate surface area is 152 Å². The van der Waals surface area contributed by atoms with Gasteiger partial charge in [0.1, 0.15) is 5.38 Å². The lowest BCUT2D eigenvalue weighted by molar-refractivity contribution is -0.138. The van der Waals surface area contributed by atoms with E-state index in [1.165, 1.54) is 0 Å². The van der Waals surface area contributed by atoms with Gasteiger partial charge in [-0.25, -0.2) is 8.42 Å². The zero-order chi connectivity index (χ0) is 18.7. The minimum Gasteiger partial charge on any atom is -0.287 e. The summed E-state index contributed by atoms with van der Waals surface area (Å²) in [6, 6.07) is 7.18. The van der Waals surface area contributed by atoms with E-state index in [1.54, 1.807) is 19.1 Å². The van der Waals surface area contributed by atoms with Gasteiger partial charge in [0.05, 0.1) is 11.4 Å². The number of allylic oxidation sites excluding steroid dienone is 1. The highest BCUT2D eigenvalue weighted by Gasteiger charge is 2.58. The summed E-state index contributed by atoms with van der Waals surface area (Å²) in [7, 11) is -3.57. The number of ketones is 1. The molecule has 1 saturated heterocycles. The predicted molar refractivity (Wildman–Crippen MR) is 96.2 cm³/mol. The largest absolute Gasteiger partial charge is 0.287 e. The maximum Gasteiger partial charge on any atom is 0.249 e. The SMILES string of the molecule is CC1=C(C(=O)c2ccc(C(C)(C)C)cc2)N2C(=O)[C@H](Cl)[C@@H]2S(=O)(=O)C1. The molecule has 0 radical (unpaired) electrons. The molecule has 1 aromatic carbocycles. The lowest BCUT2D eigenvalue weighted by Gasteiger charge is -2.47. The number of alkyl halides is 1. The quantitative estimate of drug-likeness (QED) is 0.448. The minimum absolute atomic E-state index is 0.0416. The van der Waals surface area contributed by atoms with Gasteiger partial charge in [-0.15, -0.1) is 11.6 Å². The molecule has 1 fully saturated rings. The smallest absolute Gasteiger partial charge is 0.249 e. The molecule has 0 aliphatic carbocycles. The monoisotopic (exact) mass is 381 g/mol. The predicted octanol–water partition coefficient (Wildman–Crippen LogP) is 2.64. The van der Waals surface area contributed by atoms with Crippen molar-refractivity contribution in [1.29, 1.82) is 0 Å². The topological polar surface area (TPSA) is 71.5 Å². The Bertz CT molecular complexity index is 894. The van der Waals surface area contributed by atoms with Crippen LogP contribution in [0.1, 0.15) is 43.6 Å². The maximum absolute atomic E-state index is 12.9. The maximum atomic E-state index is 12.9. The number of amides is 1. The summed E-state index contributed by atoms with van der Waals surface area (Å²) in [5.41, 5.74) is 1.98. The summed E-state index contributed by atoms with van der Waals surface area (Å²) in [6.07, 6.45) is 0. The third-order valence-electron chi connectivity index (χ3n) is 4.64. The Balaban J connectivity index is 2.00. The van der Waals surface area contributed by atoms with Crippen molar-refractivity contribution in [3.8, 4) is 0 Å². The highest BCUT2D eigenvalue weighted by atomic mass is 35.5. The molecule has 0 saturated carbocycles. The number of β-lactam (4-membered cyclic amide) rings is 1. The van der Waals surface area contributed by atoms with Crippen LogP contribution in [-0.2, 0) is 20.0 Å². The molecule has 2 aliphatic rings. The summed E-state index contributed by atoms with van der Waals surface area (Å²) in [5.74, 6) is -1.15. The van der Waals surface area contributed by atoms with Crippen LogP contribution in [0.5, 0.6) is 0 Å². The number of halogens is 1. The molecule has 0 aromatic heterocycles. The van der Waals surface area contributed by atoms with Crippen molar-refractivity contribution in [2.75, 3.05) is 5.75 Å². The molecule has 2 aliphatic heterocycles. The second-order valence-corrected chi connectivity index (χ2v) is 10.2. The van der Waals surface area contributed by atoms with E-state index >= 15 is 0 Å². The Hall–Kier alpha value is -1.66. The first-order valence-corrected chi connectivity index (χ1v) is 10.1. The molecule has 0 unspecified atom stereocenters. The summed E-state index contributed by atoms with van der Waals surface area (Å²) in [6.45, 7) is 7.80. The number of rotatable bonds is 2. The lowest BCUT2D eigenvalue weighted by Crippen LogP contribution is -2.67. The molecular weight excluding hydrogens is 362 g/mol. The third-order valence-corrected chi connectivity index (χ3v) is 7.27. The van der Waals surface area contributed by atoms with Gasteiger partial charge < -0.3 is 0 Å². The van der Waals surface area contributed by atoms with Crippen LogP contribution in [0.4, 0.5) is 0 Å². The van der Waals surface area contributed by atoms with Gasteiger partial charge in [-0.2, -0.15) is 0 Å². The van der Waals surface area contributed by atoms with Gasteiger partial charge in [0, 0.05) is 5.56 Å². The standard InChI is InChI=1S/C18H20ClNO4S/c1-10-9-25(23,24)17-13(19)16(22)20(17)14(10)15(21)11-5-7-12(8-6-11)18(2,3)4/h5-8,13,17H,9H2,1-4H3/t13-,17-/m0/s1. The molecular formula is C18H20ClNO4S. The van der Waals surface area contributed by atoms with Crippen LogP contribution in [0.3, 0.4) is 0 Å². The zero-order valence-electron chi connectivity index (χ0n) is 14.5. The first-order valence-electron chi connectivity index (χ1n) is 7.99. The van der Waals surface area contributed by atoms with Crippen molar-refractivity contribution in [3.63, 3.8) is 0 Å². The molecule has 2 heterocycles. The summed E-state index contributed by atoms with van der Waals surface area (Å²) in [4.78, 5) is 26.1. The second kappa shape index (κ2) is 5.68. The lowest BCUT2D eigenvalue weighted by atomic mass is 9.86. The third kappa shape index (κ3) is 2.81. The highest BCUT2D eigenvalue weighted by Crippen LogP contribution is 2.40. The molecule has 1 amide bonds. The average molecular weight is 382 g/mol. The van der Waals surface area contributed by atoms with Crippen molar-refractivity contribution in [2.45, 2.75) is 43.9 Å². The van der Waals surface area contributed by atoms with Crippen molar-refractivity contribution in [2.24, 2.45) is 0 Å². The Morgan fingerprint density at radius 3 is 2.28 bits per heavy atom. The van der Waals surface area contributed by atoms with Crippen molar-refractivity contribution in [1.82, 2.24) is 4.90 Å². The van der Waals surface area contributed by atoms with Crippen LogP contribution in [0.25, 0.3) is 0 Å². The molecule has 25 heavy (non-hydrogen) atoms. The average Bonchev–Trinajstić information content (AvgIpc) is 2.51. The fraction of sp³-hybridized carbons (Fsp3) is 0.444. The van der Waals surface area contributed by atoms with Crippen LogP contribution in [0.15, 0.2) is 35.5 Å². The van der Waals surface area contributed by atoms with E-state index in [0.29, 0.717) is 11.1 Å². The fourth-order valence-corrected chi connectivity index (χ4v) is 5.84. The molecule has 1 aromatic rings. The van der Waals surface area contributed by atoms with Crippen molar-refractivity contribution < 1.29 is 18.0 Å². The van der Waals surface area contributed by atoms with E-state index in [2.05, 4.69) is 20.8 Å². The van der Waals surface area contributed by atoms with Gasteiger partial charge in [0.2, 0.25) is 11.7 Å². The molecule has 0 spiro atoms. The van der Waals surface area contributed by atoms with E-state index in [4.69, 9.17) is 11.6 Å². The van der Waals surface area contributed by atoms with Gasteiger partial charge in [-0.05, 0) is 23.5 Å². The first-order chi connectivity index (χ1) is 11.4. The normalized spacial score (nSPS) is 25.5. The van der Waals surface area contributed by atoms with Crippen LogP contribution in [0.2, 0.25) is 0 Å². The van der Waals surface area contributed by atoms with Crippen molar-refractivity contribution >= 4 is 33.1 Å². The molecule has 7 heteroatoms. The van der Waals surface area contributed by atoms with Gasteiger partial charge in [0.15, 0.2) is 15.2 Å². The number of hydrogen-bond donors (Lipinski definition) is 0. The molecule has 134 valence electrons. The van der Waals surface area contributed by atoms with E-state index < -0.39 is 26.5 Å². The van der Waals surface area contributed by atoms with Gasteiger partial charge in [0.25, 0.3) is 0 Å². The molecule has 3 rings (SSSR count). The fourth-order valence-electron chi connectivity index (χ4n) is 3.23. The van der Waals surface area contributed by atoms with E-state index in [1.807, 2.05) is 12.1 Å². The van der Waals surface area contributed by atoms with Crippen molar-refractivity contribution in [3.05, 3.63) is 46.7 Å². The number of carbonyl (C=O) groups excluding carboxylic acids is 2. The second-order valence-electron chi connectivity index (χ2n) is 7.59. The highest BCUT2D eigenvalue weighted by molar-refractivity contribution is 7.92. The van der Waals surface area contributed by atoms with Gasteiger partial charge in [-0.1, -0.05) is 45.0 Å². The number of Topliss-reactive ketones (excluding diaryl/α,β-unsaturated/α-hetero) is 1. The van der Waals surface area contributed by atoms with Crippen LogP contribution in [-0.4, -0.2) is 41.5 Å². The Morgan fingerprint density at radius 2 is 1.76 bits per heavy atom. The summed E-state index contributed by atoms with van der Waals surface area (Å²) in [5, 5.41) is -2.26. The number of hydrogen-bond acceptors (Lipinski definition) is 4.